The minimum atomic E-state index is 0.282. The standard InChI is InChI=1S/C9H19ClS/c1-8(2,3)7(11-10)9(4,5)6/h7H,1-6H3. The molecule has 0 aromatic heterocycles. The molecule has 0 aromatic rings. The van der Waals surface area contributed by atoms with E-state index in [1.165, 1.54) is 11.0 Å². The molecule has 11 heavy (non-hydrogen) atoms. The van der Waals surface area contributed by atoms with Crippen LogP contribution in [0.1, 0.15) is 41.5 Å². The highest BCUT2D eigenvalue weighted by atomic mass is 35.7. The summed E-state index contributed by atoms with van der Waals surface area (Å²) in [6.45, 7) is 13.4. The SMILES string of the molecule is CC(C)(C)C(SCl)C(C)(C)C. The van der Waals surface area contributed by atoms with Gasteiger partial charge in [0.1, 0.15) is 0 Å². The van der Waals surface area contributed by atoms with Crippen molar-refractivity contribution in [3.8, 4) is 0 Å². The van der Waals surface area contributed by atoms with Gasteiger partial charge in [0.2, 0.25) is 0 Å². The fourth-order valence-corrected chi connectivity index (χ4v) is 3.70. The van der Waals surface area contributed by atoms with Crippen molar-refractivity contribution in [2.75, 3.05) is 0 Å². The van der Waals surface area contributed by atoms with Crippen molar-refractivity contribution in [3.63, 3.8) is 0 Å². The summed E-state index contributed by atoms with van der Waals surface area (Å²) in [7, 11) is 7.31. The van der Waals surface area contributed by atoms with E-state index in [0.29, 0.717) is 5.25 Å². The summed E-state index contributed by atoms with van der Waals surface area (Å²) in [5, 5.41) is 0.497. The van der Waals surface area contributed by atoms with Crippen molar-refractivity contribution >= 4 is 21.7 Å². The summed E-state index contributed by atoms with van der Waals surface area (Å²) in [5.74, 6) is 0. The summed E-state index contributed by atoms with van der Waals surface area (Å²) in [5.41, 5.74) is 0.565. The number of halogens is 1. The van der Waals surface area contributed by atoms with Gasteiger partial charge in [0, 0.05) is 5.25 Å². The van der Waals surface area contributed by atoms with Gasteiger partial charge in [0.25, 0.3) is 0 Å². The second-order valence-corrected chi connectivity index (χ2v) is 6.39. The minimum Gasteiger partial charge on any atom is -0.0591 e. The van der Waals surface area contributed by atoms with Gasteiger partial charge >= 0.3 is 0 Å². The van der Waals surface area contributed by atoms with Crippen LogP contribution in [-0.4, -0.2) is 5.25 Å². The van der Waals surface area contributed by atoms with Gasteiger partial charge in [-0.1, -0.05) is 52.5 Å². The zero-order chi connectivity index (χ0) is 9.28. The molecule has 0 fully saturated rings. The molecule has 68 valence electrons. The highest BCUT2D eigenvalue weighted by Crippen LogP contribution is 2.43. The van der Waals surface area contributed by atoms with E-state index in [4.69, 9.17) is 10.7 Å². The van der Waals surface area contributed by atoms with Gasteiger partial charge in [-0.25, -0.2) is 0 Å². The quantitative estimate of drug-likeness (QED) is 0.599. The lowest BCUT2D eigenvalue weighted by atomic mass is 9.77. The average molecular weight is 195 g/mol. The van der Waals surface area contributed by atoms with Gasteiger partial charge < -0.3 is 0 Å². The monoisotopic (exact) mass is 194 g/mol. The smallest absolute Gasteiger partial charge is 0.0296 e. The fraction of sp³-hybridized carbons (Fsp3) is 1.00. The van der Waals surface area contributed by atoms with E-state index in [2.05, 4.69) is 41.5 Å². The van der Waals surface area contributed by atoms with Crippen LogP contribution in [0.5, 0.6) is 0 Å². The predicted octanol–water partition coefficient (Wildman–Crippen LogP) is 4.33. The van der Waals surface area contributed by atoms with Crippen LogP contribution in [0, 0.1) is 10.8 Å². The van der Waals surface area contributed by atoms with Crippen molar-refractivity contribution in [1.82, 2.24) is 0 Å². The molecular formula is C9H19ClS. The van der Waals surface area contributed by atoms with E-state index in [9.17, 15) is 0 Å². The Bertz CT molecular complexity index is 105. The second kappa shape index (κ2) is 3.57. The molecule has 0 aliphatic rings. The zero-order valence-electron chi connectivity index (χ0n) is 8.36. The summed E-state index contributed by atoms with van der Waals surface area (Å²) >= 11 is 0. The van der Waals surface area contributed by atoms with Crippen LogP contribution < -0.4 is 0 Å². The van der Waals surface area contributed by atoms with Crippen LogP contribution in [0.15, 0.2) is 0 Å². The van der Waals surface area contributed by atoms with Crippen molar-refractivity contribution < 1.29 is 0 Å². The van der Waals surface area contributed by atoms with E-state index < -0.39 is 0 Å². The zero-order valence-corrected chi connectivity index (χ0v) is 9.94. The summed E-state index contributed by atoms with van der Waals surface area (Å²) in [6.07, 6.45) is 0. The second-order valence-electron chi connectivity index (χ2n) is 5.20. The molecule has 0 spiro atoms. The normalized spacial score (nSPS) is 14.2. The van der Waals surface area contributed by atoms with E-state index in [1.54, 1.807) is 0 Å². The Kier molecular flexibility index (Phi) is 3.78. The first-order valence-electron chi connectivity index (χ1n) is 3.97. The molecule has 0 nitrogen and oxygen atoms in total. The van der Waals surface area contributed by atoms with Gasteiger partial charge in [0.15, 0.2) is 0 Å². The molecular weight excluding hydrogens is 176 g/mol. The molecule has 0 heterocycles. The maximum absolute atomic E-state index is 5.85. The Morgan fingerprint density at radius 2 is 1.18 bits per heavy atom. The first-order chi connectivity index (χ1) is 4.69. The van der Waals surface area contributed by atoms with Crippen molar-refractivity contribution in [3.05, 3.63) is 0 Å². The van der Waals surface area contributed by atoms with E-state index >= 15 is 0 Å². The molecule has 0 aromatic carbocycles. The molecule has 0 aliphatic carbocycles. The molecule has 0 bridgehead atoms. The third-order valence-electron chi connectivity index (χ3n) is 1.66. The third kappa shape index (κ3) is 3.71. The number of hydrogen-bond acceptors (Lipinski definition) is 1. The summed E-state index contributed by atoms with van der Waals surface area (Å²) < 4.78 is 0. The van der Waals surface area contributed by atoms with E-state index in [1.807, 2.05) is 0 Å². The average Bonchev–Trinajstić information content (AvgIpc) is 1.56. The Balaban J connectivity index is 4.43. The largest absolute Gasteiger partial charge is 0.0591 e. The van der Waals surface area contributed by atoms with Crippen LogP contribution >= 0.6 is 21.7 Å². The lowest BCUT2D eigenvalue weighted by molar-refractivity contribution is 0.250. The van der Waals surface area contributed by atoms with Gasteiger partial charge in [0.05, 0.1) is 0 Å². The minimum absolute atomic E-state index is 0.282. The van der Waals surface area contributed by atoms with Crippen LogP contribution in [0.3, 0.4) is 0 Å². The van der Waals surface area contributed by atoms with Gasteiger partial charge in [-0.2, -0.15) is 0 Å². The van der Waals surface area contributed by atoms with Crippen molar-refractivity contribution in [2.45, 2.75) is 46.8 Å². The van der Waals surface area contributed by atoms with Crippen LogP contribution in [0.25, 0.3) is 0 Å². The highest BCUT2D eigenvalue weighted by Gasteiger charge is 2.34. The van der Waals surface area contributed by atoms with Crippen LogP contribution in [0.4, 0.5) is 0 Å². The predicted molar refractivity (Wildman–Crippen MR) is 56.1 cm³/mol. The van der Waals surface area contributed by atoms with Gasteiger partial charge in [-0.05, 0) is 21.5 Å². The number of hydrogen-bond donors (Lipinski definition) is 0. The lowest BCUT2D eigenvalue weighted by Gasteiger charge is -2.38. The van der Waals surface area contributed by atoms with Crippen molar-refractivity contribution in [2.24, 2.45) is 10.8 Å². The molecule has 0 rings (SSSR count). The molecule has 0 saturated heterocycles. The van der Waals surface area contributed by atoms with Crippen LogP contribution in [0.2, 0.25) is 0 Å². The van der Waals surface area contributed by atoms with Crippen molar-refractivity contribution in [1.29, 1.82) is 0 Å². The molecule has 0 unspecified atom stereocenters. The lowest BCUT2D eigenvalue weighted by Crippen LogP contribution is -2.34. The molecule has 0 N–H and O–H groups in total. The summed E-state index contributed by atoms with van der Waals surface area (Å²) in [4.78, 5) is 0. The first kappa shape index (κ1) is 11.6. The van der Waals surface area contributed by atoms with Gasteiger partial charge in [-0.3, -0.25) is 0 Å². The van der Waals surface area contributed by atoms with Crippen LogP contribution in [-0.2, 0) is 0 Å². The van der Waals surface area contributed by atoms with Gasteiger partial charge in [-0.15, -0.1) is 0 Å². The number of rotatable bonds is 1. The summed E-state index contributed by atoms with van der Waals surface area (Å²) in [6, 6.07) is 0. The topological polar surface area (TPSA) is 0 Å². The molecule has 0 aliphatic heterocycles. The van der Waals surface area contributed by atoms with E-state index in [-0.39, 0.29) is 10.8 Å². The molecule has 0 amide bonds. The molecule has 0 atom stereocenters. The third-order valence-corrected chi connectivity index (χ3v) is 3.79. The first-order valence-corrected chi connectivity index (χ1v) is 5.67. The molecule has 2 heteroatoms. The maximum Gasteiger partial charge on any atom is 0.0296 e. The Hall–Kier alpha value is 0.640. The molecule has 0 radical (unpaired) electrons. The Labute approximate surface area is 79.6 Å². The Morgan fingerprint density at radius 3 is 1.18 bits per heavy atom. The van der Waals surface area contributed by atoms with E-state index in [0.717, 1.165) is 0 Å². The maximum atomic E-state index is 5.85. The highest BCUT2D eigenvalue weighted by molar-refractivity contribution is 8.21. The fourth-order valence-electron chi connectivity index (χ4n) is 1.57. The molecule has 0 saturated carbocycles. The Morgan fingerprint density at radius 1 is 0.909 bits per heavy atom.